The van der Waals surface area contributed by atoms with E-state index in [-0.39, 0.29) is 35.9 Å². The zero-order valence-corrected chi connectivity index (χ0v) is 23.6. The van der Waals surface area contributed by atoms with Gasteiger partial charge in [-0.1, -0.05) is 89.2 Å². The Morgan fingerprint density at radius 1 is 1.05 bits per heavy atom. The molecule has 0 saturated carbocycles. The first-order valence-corrected chi connectivity index (χ1v) is 14.5. The Kier molecular flexibility index (Phi) is 11.2. The van der Waals surface area contributed by atoms with Crippen molar-refractivity contribution in [3.63, 3.8) is 0 Å². The number of carbonyl (C=O) groups is 4. The highest BCUT2D eigenvalue weighted by Crippen LogP contribution is 2.22. The third-order valence-corrected chi connectivity index (χ3v) is 7.96. The molecular formula is C28H33BrN2O5S. The molecule has 0 aliphatic carbocycles. The van der Waals surface area contributed by atoms with Gasteiger partial charge in [0, 0.05) is 36.9 Å². The topological polar surface area (TPSA) is 92.8 Å². The molecule has 1 N–H and O–H groups in total. The number of hydrogen-bond acceptors (Lipinski definition) is 6. The Labute approximate surface area is 230 Å². The maximum atomic E-state index is 13.3. The second-order valence-corrected chi connectivity index (χ2v) is 11.0. The third kappa shape index (κ3) is 8.71. The van der Waals surface area contributed by atoms with Gasteiger partial charge in [0.15, 0.2) is 5.12 Å². The fourth-order valence-electron chi connectivity index (χ4n) is 4.19. The van der Waals surface area contributed by atoms with Crippen LogP contribution >= 0.6 is 27.7 Å². The van der Waals surface area contributed by atoms with Crippen LogP contribution in [0, 0.1) is 5.92 Å². The van der Waals surface area contributed by atoms with Crippen LogP contribution in [0.25, 0.3) is 0 Å². The van der Waals surface area contributed by atoms with Gasteiger partial charge in [0.2, 0.25) is 11.8 Å². The zero-order valence-electron chi connectivity index (χ0n) is 21.2. The van der Waals surface area contributed by atoms with E-state index < -0.39 is 18.1 Å². The highest BCUT2D eigenvalue weighted by molar-refractivity contribution is 9.08. The second kappa shape index (κ2) is 14.3. The van der Waals surface area contributed by atoms with Crippen molar-refractivity contribution < 1.29 is 23.9 Å². The second-order valence-electron chi connectivity index (χ2n) is 9.20. The van der Waals surface area contributed by atoms with E-state index in [1.165, 1.54) is 6.92 Å². The Balaban J connectivity index is 1.68. The molecule has 1 aliphatic heterocycles. The molecule has 2 aromatic rings. The molecule has 37 heavy (non-hydrogen) atoms. The number of carbonyl (C=O) groups excluding carboxylic acids is 4. The van der Waals surface area contributed by atoms with E-state index in [2.05, 4.69) is 21.2 Å². The minimum atomic E-state index is -0.889. The third-order valence-electron chi connectivity index (χ3n) is 6.24. The minimum absolute atomic E-state index is 0.0447. The van der Waals surface area contributed by atoms with Crippen molar-refractivity contribution in [1.82, 2.24) is 10.2 Å². The van der Waals surface area contributed by atoms with Gasteiger partial charge >= 0.3 is 5.97 Å². The van der Waals surface area contributed by atoms with Crippen LogP contribution < -0.4 is 5.32 Å². The number of rotatable bonds is 11. The lowest BCUT2D eigenvalue weighted by Crippen LogP contribution is -2.52. The van der Waals surface area contributed by atoms with Crippen molar-refractivity contribution in [1.29, 1.82) is 0 Å². The van der Waals surface area contributed by atoms with Crippen LogP contribution in [0.1, 0.15) is 43.4 Å². The van der Waals surface area contributed by atoms with Crippen LogP contribution in [0.2, 0.25) is 0 Å². The van der Waals surface area contributed by atoms with E-state index in [0.29, 0.717) is 25.1 Å². The molecule has 1 aliphatic rings. The van der Waals surface area contributed by atoms with Gasteiger partial charge in [-0.3, -0.25) is 14.4 Å². The van der Waals surface area contributed by atoms with E-state index in [9.17, 15) is 19.2 Å². The lowest BCUT2D eigenvalue weighted by Gasteiger charge is -2.28. The molecule has 1 saturated heterocycles. The molecule has 2 aromatic carbocycles. The molecular weight excluding hydrogens is 556 g/mol. The molecule has 0 aromatic heterocycles. The highest BCUT2D eigenvalue weighted by Gasteiger charge is 2.37. The molecule has 198 valence electrons. The number of likely N-dealkylation sites (tertiary alicyclic amines) is 1. The predicted octanol–water partition coefficient (Wildman–Crippen LogP) is 4.26. The van der Waals surface area contributed by atoms with Crippen LogP contribution in [-0.2, 0) is 42.3 Å². The minimum Gasteiger partial charge on any atom is -0.459 e. The Morgan fingerprint density at radius 2 is 1.73 bits per heavy atom. The summed E-state index contributed by atoms with van der Waals surface area (Å²) in [6.07, 6.45) is 1.51. The molecule has 0 unspecified atom stereocenters. The molecule has 0 spiro atoms. The largest absolute Gasteiger partial charge is 0.459 e. The van der Waals surface area contributed by atoms with Crippen molar-refractivity contribution in [2.45, 2.75) is 57.1 Å². The lowest BCUT2D eigenvalue weighted by molar-refractivity contribution is -0.150. The summed E-state index contributed by atoms with van der Waals surface area (Å²) in [6, 6.07) is 15.6. The smallest absolute Gasteiger partial charge is 0.329 e. The average Bonchev–Trinajstić information content (AvgIpc) is 3.40. The summed E-state index contributed by atoms with van der Waals surface area (Å²) in [5.74, 6) is -1.05. The van der Waals surface area contributed by atoms with Crippen molar-refractivity contribution >= 4 is 50.6 Å². The fourth-order valence-corrected chi connectivity index (χ4v) is 5.19. The highest BCUT2D eigenvalue weighted by atomic mass is 79.9. The normalized spacial score (nSPS) is 16.6. The van der Waals surface area contributed by atoms with Crippen molar-refractivity contribution in [2.24, 2.45) is 5.92 Å². The molecule has 2 amide bonds. The van der Waals surface area contributed by atoms with Crippen LogP contribution in [-0.4, -0.2) is 52.2 Å². The van der Waals surface area contributed by atoms with Crippen LogP contribution in [0.15, 0.2) is 54.6 Å². The molecule has 9 heteroatoms. The first kappa shape index (κ1) is 28.9. The SMILES string of the molecule is CC(=O)SC[C@@H](C)C(=O)N1CCC[C@H]1C(=O)N[C@@H](Cc1ccccc1)C(=O)OCc1ccc(CBr)cc1. The number of ether oxygens (including phenoxy) is 1. The Bertz CT molecular complexity index is 1080. The number of halogens is 1. The Morgan fingerprint density at radius 3 is 2.38 bits per heavy atom. The van der Waals surface area contributed by atoms with Gasteiger partial charge in [0.25, 0.3) is 0 Å². The van der Waals surface area contributed by atoms with Gasteiger partial charge in [0.1, 0.15) is 18.7 Å². The quantitative estimate of drug-likeness (QED) is 0.311. The monoisotopic (exact) mass is 588 g/mol. The number of benzene rings is 2. The van der Waals surface area contributed by atoms with Crippen molar-refractivity contribution in [3.8, 4) is 0 Å². The van der Waals surface area contributed by atoms with Crippen LogP contribution in [0.5, 0.6) is 0 Å². The maximum Gasteiger partial charge on any atom is 0.329 e. The molecule has 1 heterocycles. The lowest BCUT2D eigenvalue weighted by atomic mass is 10.0. The van der Waals surface area contributed by atoms with Crippen molar-refractivity contribution in [3.05, 3.63) is 71.3 Å². The number of esters is 1. The predicted molar refractivity (Wildman–Crippen MR) is 148 cm³/mol. The number of hydrogen-bond donors (Lipinski definition) is 1. The fraction of sp³-hybridized carbons (Fsp3) is 0.429. The molecule has 3 atom stereocenters. The summed E-state index contributed by atoms with van der Waals surface area (Å²) in [5, 5.41) is 3.56. The first-order valence-electron chi connectivity index (χ1n) is 12.4. The van der Waals surface area contributed by atoms with E-state index in [1.54, 1.807) is 11.8 Å². The van der Waals surface area contributed by atoms with E-state index in [1.807, 2.05) is 54.6 Å². The molecule has 1 fully saturated rings. The number of amides is 2. The number of thioether (sulfide) groups is 1. The maximum absolute atomic E-state index is 13.3. The molecule has 3 rings (SSSR count). The Hall–Kier alpha value is -2.65. The van der Waals surface area contributed by atoms with Gasteiger partial charge in [-0.05, 0) is 29.5 Å². The van der Waals surface area contributed by atoms with Crippen LogP contribution in [0.4, 0.5) is 0 Å². The summed E-state index contributed by atoms with van der Waals surface area (Å²) in [6.45, 7) is 3.82. The number of alkyl halides is 1. The van der Waals surface area contributed by atoms with Gasteiger partial charge in [-0.2, -0.15) is 0 Å². The van der Waals surface area contributed by atoms with Crippen LogP contribution in [0.3, 0.4) is 0 Å². The van der Waals surface area contributed by atoms with Gasteiger partial charge in [-0.15, -0.1) is 0 Å². The average molecular weight is 590 g/mol. The summed E-state index contributed by atoms with van der Waals surface area (Å²) in [4.78, 5) is 52.3. The van der Waals surface area contributed by atoms with Gasteiger partial charge in [0.05, 0.1) is 0 Å². The number of nitrogens with one attached hydrogen (secondary N) is 1. The summed E-state index contributed by atoms with van der Waals surface area (Å²) in [7, 11) is 0. The summed E-state index contributed by atoms with van der Waals surface area (Å²) >= 11 is 4.52. The molecule has 0 bridgehead atoms. The van der Waals surface area contributed by atoms with Crippen molar-refractivity contribution in [2.75, 3.05) is 12.3 Å². The summed E-state index contributed by atoms with van der Waals surface area (Å²) < 4.78 is 5.59. The first-order chi connectivity index (χ1) is 17.8. The van der Waals surface area contributed by atoms with E-state index in [4.69, 9.17) is 4.74 Å². The standard InChI is InChI=1S/C28H33BrN2O5S/c1-19(18-37-20(2)32)27(34)31-14-6-9-25(31)26(33)30-24(15-21-7-4-3-5-8-21)28(35)36-17-23-12-10-22(16-29)11-13-23/h3-5,7-8,10-13,19,24-25H,6,9,14-18H2,1-2H3,(H,30,33)/t19-,24+,25+/m1/s1. The zero-order chi connectivity index (χ0) is 26.8. The van der Waals surface area contributed by atoms with Gasteiger partial charge in [-0.25, -0.2) is 4.79 Å². The van der Waals surface area contributed by atoms with Gasteiger partial charge < -0.3 is 15.0 Å². The molecule has 0 radical (unpaired) electrons. The number of nitrogens with zero attached hydrogens (tertiary/aromatic N) is 1. The van der Waals surface area contributed by atoms with E-state index >= 15 is 0 Å². The summed E-state index contributed by atoms with van der Waals surface area (Å²) in [5.41, 5.74) is 2.86. The van der Waals surface area contributed by atoms with E-state index in [0.717, 1.165) is 33.8 Å². The molecule has 7 nitrogen and oxygen atoms in total.